The molecule has 1 aromatic heterocycles. The molecule has 4 aromatic rings. The second-order valence-corrected chi connectivity index (χ2v) is 7.04. The van der Waals surface area contributed by atoms with Crippen LogP contribution in [-0.2, 0) is 0 Å². The summed E-state index contributed by atoms with van der Waals surface area (Å²) in [6.45, 7) is 0. The van der Waals surface area contributed by atoms with E-state index in [0.29, 0.717) is 33.8 Å². The molecule has 2 N–H and O–H groups in total. The molecule has 3 aromatic carbocycles. The quantitative estimate of drug-likeness (QED) is 0.489. The third-order valence-corrected chi connectivity index (χ3v) is 5.14. The third kappa shape index (κ3) is 3.18. The molecule has 0 spiro atoms. The molecule has 6 heteroatoms. The van der Waals surface area contributed by atoms with E-state index < -0.39 is 11.5 Å². The maximum atomic E-state index is 13.0. The minimum Gasteiger partial charge on any atom is -0.457 e. The van der Waals surface area contributed by atoms with Gasteiger partial charge in [0.1, 0.15) is 28.7 Å². The molecule has 0 bridgehead atoms. The number of nitrogens with two attached hydrogens (primary N) is 1. The molecule has 0 fully saturated rings. The second-order valence-electron chi connectivity index (χ2n) is 7.04. The molecule has 5 rings (SSSR count). The van der Waals surface area contributed by atoms with Gasteiger partial charge in [-0.15, -0.1) is 0 Å². The third-order valence-electron chi connectivity index (χ3n) is 5.14. The van der Waals surface area contributed by atoms with Crippen LogP contribution in [0.3, 0.4) is 0 Å². The van der Waals surface area contributed by atoms with Crippen molar-refractivity contribution in [3.63, 3.8) is 0 Å². The van der Waals surface area contributed by atoms with Crippen molar-refractivity contribution >= 4 is 11.0 Å². The first-order chi connectivity index (χ1) is 15.2. The van der Waals surface area contributed by atoms with Gasteiger partial charge in [-0.05, 0) is 42.0 Å². The number of fused-ring (bicyclic) bond motifs is 3. The van der Waals surface area contributed by atoms with Gasteiger partial charge < -0.3 is 19.6 Å². The van der Waals surface area contributed by atoms with Gasteiger partial charge in [0.2, 0.25) is 5.88 Å². The zero-order valence-corrected chi connectivity index (χ0v) is 16.2. The van der Waals surface area contributed by atoms with Crippen LogP contribution in [0.4, 0.5) is 0 Å². The Morgan fingerprint density at radius 1 is 0.935 bits per heavy atom. The summed E-state index contributed by atoms with van der Waals surface area (Å²) in [5.41, 5.74) is 6.97. The fourth-order valence-electron chi connectivity index (χ4n) is 3.78. The molecule has 6 nitrogen and oxygen atoms in total. The SMILES string of the molecule is N#CC1=C(N)Oc2c(c(=O)oc3ccccc23)[C@@H]1c1cccc(Oc2ccccc2)c1. The van der Waals surface area contributed by atoms with Gasteiger partial charge in [0.25, 0.3) is 0 Å². The van der Waals surface area contributed by atoms with Crippen molar-refractivity contribution < 1.29 is 13.9 Å². The van der Waals surface area contributed by atoms with Gasteiger partial charge in [0, 0.05) is 0 Å². The first kappa shape index (κ1) is 18.5. The molecule has 0 amide bonds. The minimum absolute atomic E-state index is 0.0369. The predicted octanol–water partition coefficient (Wildman–Crippen LogP) is 4.80. The number of benzene rings is 3. The van der Waals surface area contributed by atoms with Crippen LogP contribution in [0.5, 0.6) is 17.2 Å². The average Bonchev–Trinajstić information content (AvgIpc) is 2.79. The number of para-hydroxylation sites is 2. The Labute approximate surface area is 177 Å². The highest BCUT2D eigenvalue weighted by Gasteiger charge is 2.35. The van der Waals surface area contributed by atoms with E-state index in [1.54, 1.807) is 36.4 Å². The van der Waals surface area contributed by atoms with Gasteiger partial charge in [-0.25, -0.2) is 4.79 Å². The van der Waals surface area contributed by atoms with Crippen molar-refractivity contribution in [1.29, 1.82) is 5.26 Å². The Balaban J connectivity index is 1.69. The van der Waals surface area contributed by atoms with Crippen LogP contribution >= 0.6 is 0 Å². The molecule has 2 heterocycles. The molecular weight excluding hydrogens is 392 g/mol. The number of allylic oxidation sites excluding steroid dienone is 1. The number of ether oxygens (including phenoxy) is 2. The van der Waals surface area contributed by atoms with Gasteiger partial charge in [-0.1, -0.05) is 42.5 Å². The molecule has 0 unspecified atom stereocenters. The van der Waals surface area contributed by atoms with Gasteiger partial charge in [0.15, 0.2) is 5.75 Å². The Kier molecular flexibility index (Phi) is 4.42. The molecule has 150 valence electrons. The predicted molar refractivity (Wildman–Crippen MR) is 115 cm³/mol. The highest BCUT2D eigenvalue weighted by molar-refractivity contribution is 5.86. The highest BCUT2D eigenvalue weighted by Crippen LogP contribution is 2.44. The Hall–Kier alpha value is -4.50. The fourth-order valence-corrected chi connectivity index (χ4v) is 3.78. The number of rotatable bonds is 3. The summed E-state index contributed by atoms with van der Waals surface area (Å²) in [5.74, 6) is 0.771. The molecule has 31 heavy (non-hydrogen) atoms. The zero-order chi connectivity index (χ0) is 21.4. The number of hydrogen-bond acceptors (Lipinski definition) is 6. The Bertz CT molecular complexity index is 1430. The molecule has 0 aliphatic carbocycles. The van der Waals surface area contributed by atoms with Crippen molar-refractivity contribution in [3.8, 4) is 23.3 Å². The van der Waals surface area contributed by atoms with E-state index in [9.17, 15) is 10.1 Å². The van der Waals surface area contributed by atoms with E-state index in [2.05, 4.69) is 6.07 Å². The maximum absolute atomic E-state index is 13.0. The molecule has 1 aliphatic rings. The van der Waals surface area contributed by atoms with Crippen LogP contribution in [-0.4, -0.2) is 0 Å². The lowest BCUT2D eigenvalue weighted by molar-refractivity contribution is 0.388. The molecule has 1 atom stereocenters. The summed E-state index contributed by atoms with van der Waals surface area (Å²) in [6, 6.07) is 25.7. The van der Waals surface area contributed by atoms with E-state index in [-0.39, 0.29) is 17.0 Å². The van der Waals surface area contributed by atoms with Gasteiger partial charge >= 0.3 is 5.63 Å². The minimum atomic E-state index is -0.742. The first-order valence-electron chi connectivity index (χ1n) is 9.62. The van der Waals surface area contributed by atoms with E-state index in [4.69, 9.17) is 19.6 Å². The molecular formula is C25H16N2O4. The van der Waals surface area contributed by atoms with E-state index in [1.807, 2.05) is 42.5 Å². The molecule has 0 saturated heterocycles. The lowest BCUT2D eigenvalue weighted by Gasteiger charge is -2.26. The zero-order valence-electron chi connectivity index (χ0n) is 16.2. The lowest BCUT2D eigenvalue weighted by Crippen LogP contribution is -2.26. The van der Waals surface area contributed by atoms with Crippen LogP contribution in [0.25, 0.3) is 11.0 Å². The van der Waals surface area contributed by atoms with Crippen molar-refractivity contribution in [3.05, 3.63) is 112 Å². The summed E-state index contributed by atoms with van der Waals surface area (Å²) in [6.07, 6.45) is 0. The van der Waals surface area contributed by atoms with Gasteiger partial charge in [0.05, 0.1) is 16.9 Å². The number of nitriles is 1. The van der Waals surface area contributed by atoms with Gasteiger partial charge in [-0.3, -0.25) is 0 Å². The largest absolute Gasteiger partial charge is 0.457 e. The van der Waals surface area contributed by atoms with Crippen molar-refractivity contribution in [2.45, 2.75) is 5.92 Å². The summed E-state index contributed by atoms with van der Waals surface area (Å²) in [5, 5.41) is 10.4. The number of hydrogen-bond donors (Lipinski definition) is 1. The van der Waals surface area contributed by atoms with Crippen LogP contribution in [0, 0.1) is 11.3 Å². The average molecular weight is 408 g/mol. The monoisotopic (exact) mass is 408 g/mol. The van der Waals surface area contributed by atoms with Gasteiger partial charge in [-0.2, -0.15) is 5.26 Å². The second kappa shape index (κ2) is 7.39. The standard InChI is InChI=1S/C25H16N2O4/c26-14-19-21(15-7-6-10-17(13-15)29-16-8-2-1-3-9-16)22-23(31-24(19)27)18-11-4-5-12-20(18)30-25(22)28/h1-13,21H,27H2/t21-/m1/s1. The lowest BCUT2D eigenvalue weighted by atomic mass is 9.84. The summed E-state index contributed by atoms with van der Waals surface area (Å²) in [7, 11) is 0. The van der Waals surface area contributed by atoms with Crippen LogP contribution in [0.2, 0.25) is 0 Å². The normalized spacial score (nSPS) is 15.1. The topological polar surface area (TPSA) is 98.5 Å². The van der Waals surface area contributed by atoms with E-state index >= 15 is 0 Å². The summed E-state index contributed by atoms with van der Waals surface area (Å²) in [4.78, 5) is 13.0. The van der Waals surface area contributed by atoms with Crippen LogP contribution in [0.1, 0.15) is 17.0 Å². The smallest absolute Gasteiger partial charge is 0.344 e. The van der Waals surface area contributed by atoms with Crippen LogP contribution in [0.15, 0.2) is 99.5 Å². The van der Waals surface area contributed by atoms with E-state index in [0.717, 1.165) is 0 Å². The van der Waals surface area contributed by atoms with Crippen molar-refractivity contribution in [2.24, 2.45) is 5.73 Å². The van der Waals surface area contributed by atoms with Crippen molar-refractivity contribution in [1.82, 2.24) is 0 Å². The Morgan fingerprint density at radius 3 is 2.48 bits per heavy atom. The summed E-state index contributed by atoms with van der Waals surface area (Å²) < 4.78 is 17.2. The fraction of sp³-hybridized carbons (Fsp3) is 0.0400. The first-order valence-corrected chi connectivity index (χ1v) is 9.62. The van der Waals surface area contributed by atoms with E-state index in [1.165, 1.54) is 0 Å². The molecule has 0 saturated carbocycles. The molecule has 1 aliphatic heterocycles. The summed E-state index contributed by atoms with van der Waals surface area (Å²) >= 11 is 0. The highest BCUT2D eigenvalue weighted by atomic mass is 16.5. The number of nitrogens with zero attached hydrogens (tertiary/aromatic N) is 1. The maximum Gasteiger partial charge on any atom is 0.344 e. The van der Waals surface area contributed by atoms with Crippen molar-refractivity contribution in [2.75, 3.05) is 0 Å². The molecule has 0 radical (unpaired) electrons. The van der Waals surface area contributed by atoms with Crippen LogP contribution < -0.4 is 20.8 Å². The Morgan fingerprint density at radius 2 is 1.68 bits per heavy atom.